The van der Waals surface area contributed by atoms with Gasteiger partial charge in [0.2, 0.25) is 5.91 Å². The van der Waals surface area contributed by atoms with Crippen LogP contribution in [0.1, 0.15) is 36.8 Å². The Morgan fingerprint density at radius 1 is 0.885 bits per heavy atom. The molecule has 2 aromatic rings. The highest BCUT2D eigenvalue weighted by Crippen LogP contribution is 2.27. The van der Waals surface area contributed by atoms with Gasteiger partial charge in [-0.3, -0.25) is 9.69 Å². The van der Waals surface area contributed by atoms with Gasteiger partial charge in [-0.15, -0.1) is 0 Å². The van der Waals surface area contributed by atoms with Crippen LogP contribution < -0.4 is 5.73 Å². The van der Waals surface area contributed by atoms with Gasteiger partial charge in [-0.1, -0.05) is 60.7 Å². The van der Waals surface area contributed by atoms with E-state index in [1.807, 2.05) is 0 Å². The summed E-state index contributed by atoms with van der Waals surface area (Å²) in [7, 11) is 0. The van der Waals surface area contributed by atoms with E-state index in [4.69, 9.17) is 10.5 Å². The second kappa shape index (κ2) is 9.51. The van der Waals surface area contributed by atoms with Crippen molar-refractivity contribution >= 4 is 5.91 Å². The standard InChI is InChI=1S/C22H28N2O2/c23-22(25)17-26-21-13-11-20(12-14-21)24(15-18-7-3-1-4-8-18)16-19-9-5-2-6-10-19/h1-10,20-21H,11-17H2,(H2,23,25)/t20-,21-. The molecule has 138 valence electrons. The summed E-state index contributed by atoms with van der Waals surface area (Å²) in [5.74, 6) is -0.387. The van der Waals surface area contributed by atoms with Crippen molar-refractivity contribution in [1.29, 1.82) is 0 Å². The summed E-state index contributed by atoms with van der Waals surface area (Å²) in [6.45, 7) is 1.94. The summed E-state index contributed by atoms with van der Waals surface area (Å²) in [6.07, 6.45) is 4.30. The predicted molar refractivity (Wildman–Crippen MR) is 103 cm³/mol. The molecule has 2 N–H and O–H groups in total. The van der Waals surface area contributed by atoms with Gasteiger partial charge in [0.1, 0.15) is 6.61 Å². The van der Waals surface area contributed by atoms with Crippen LogP contribution in [0, 0.1) is 0 Å². The third-order valence-corrected chi connectivity index (χ3v) is 5.08. The first-order valence-electron chi connectivity index (χ1n) is 9.42. The van der Waals surface area contributed by atoms with E-state index in [1.54, 1.807) is 0 Å². The summed E-state index contributed by atoms with van der Waals surface area (Å²) >= 11 is 0. The van der Waals surface area contributed by atoms with Gasteiger partial charge in [-0.2, -0.15) is 0 Å². The van der Waals surface area contributed by atoms with Crippen molar-refractivity contribution in [3.8, 4) is 0 Å². The molecule has 0 atom stereocenters. The lowest BCUT2D eigenvalue weighted by molar-refractivity contribution is -0.125. The fourth-order valence-electron chi connectivity index (χ4n) is 3.73. The molecule has 0 aromatic heterocycles. The number of nitrogens with two attached hydrogens (primary N) is 1. The molecule has 4 heteroatoms. The zero-order valence-corrected chi connectivity index (χ0v) is 15.2. The Bertz CT molecular complexity index is 626. The van der Waals surface area contributed by atoms with Gasteiger partial charge in [0, 0.05) is 19.1 Å². The maximum atomic E-state index is 10.9. The Kier molecular flexibility index (Phi) is 6.81. The van der Waals surface area contributed by atoms with Crippen LogP contribution in [0.4, 0.5) is 0 Å². The van der Waals surface area contributed by atoms with Gasteiger partial charge in [0.05, 0.1) is 6.10 Å². The topological polar surface area (TPSA) is 55.6 Å². The number of nitrogens with zero attached hydrogens (tertiary/aromatic N) is 1. The largest absolute Gasteiger partial charge is 0.368 e. The number of amides is 1. The number of benzene rings is 2. The van der Waals surface area contributed by atoms with Gasteiger partial charge in [0.25, 0.3) is 0 Å². The first kappa shape index (κ1) is 18.6. The molecular formula is C22H28N2O2. The van der Waals surface area contributed by atoms with Crippen LogP contribution in [-0.2, 0) is 22.6 Å². The molecule has 4 nitrogen and oxygen atoms in total. The average Bonchev–Trinajstić information content (AvgIpc) is 2.68. The zero-order chi connectivity index (χ0) is 18.2. The number of hydrogen-bond acceptors (Lipinski definition) is 3. The smallest absolute Gasteiger partial charge is 0.243 e. The van der Waals surface area contributed by atoms with Crippen molar-refractivity contribution in [2.75, 3.05) is 6.61 Å². The van der Waals surface area contributed by atoms with Crippen molar-refractivity contribution in [2.24, 2.45) is 5.73 Å². The van der Waals surface area contributed by atoms with E-state index in [0.717, 1.165) is 38.8 Å². The van der Waals surface area contributed by atoms with Crippen LogP contribution in [0.2, 0.25) is 0 Å². The highest BCUT2D eigenvalue weighted by atomic mass is 16.5. The average molecular weight is 352 g/mol. The van der Waals surface area contributed by atoms with Crippen LogP contribution in [0.3, 0.4) is 0 Å². The maximum Gasteiger partial charge on any atom is 0.243 e. The Morgan fingerprint density at radius 2 is 1.38 bits per heavy atom. The first-order valence-corrected chi connectivity index (χ1v) is 9.42. The third-order valence-electron chi connectivity index (χ3n) is 5.08. The van der Waals surface area contributed by atoms with Gasteiger partial charge < -0.3 is 10.5 Å². The Balaban J connectivity index is 1.63. The highest BCUT2D eigenvalue weighted by molar-refractivity contribution is 5.75. The van der Waals surface area contributed by atoms with Crippen molar-refractivity contribution in [2.45, 2.75) is 50.9 Å². The fraction of sp³-hybridized carbons (Fsp3) is 0.409. The van der Waals surface area contributed by atoms with Crippen molar-refractivity contribution in [1.82, 2.24) is 4.90 Å². The molecule has 0 spiro atoms. The lowest BCUT2D eigenvalue weighted by Gasteiger charge is -2.37. The fourth-order valence-corrected chi connectivity index (χ4v) is 3.73. The molecule has 1 aliphatic rings. The SMILES string of the molecule is NC(=O)CO[C@H]1CC[C@H](N(Cc2ccccc2)Cc2ccccc2)CC1. The van der Waals surface area contributed by atoms with Crippen LogP contribution in [0.15, 0.2) is 60.7 Å². The van der Waals surface area contributed by atoms with Crippen LogP contribution >= 0.6 is 0 Å². The van der Waals surface area contributed by atoms with E-state index in [0.29, 0.717) is 6.04 Å². The molecule has 26 heavy (non-hydrogen) atoms. The molecule has 0 aliphatic heterocycles. The van der Waals surface area contributed by atoms with Crippen LogP contribution in [-0.4, -0.2) is 29.6 Å². The minimum absolute atomic E-state index is 0.0348. The minimum Gasteiger partial charge on any atom is -0.368 e. The second-order valence-corrected chi connectivity index (χ2v) is 7.08. The molecule has 1 amide bonds. The molecule has 0 radical (unpaired) electrons. The van der Waals surface area contributed by atoms with E-state index < -0.39 is 0 Å². The normalized spacial score (nSPS) is 20.2. The molecule has 0 unspecified atom stereocenters. The summed E-state index contributed by atoms with van der Waals surface area (Å²) in [6, 6.07) is 21.8. The molecule has 1 saturated carbocycles. The van der Waals surface area contributed by atoms with Crippen LogP contribution in [0.25, 0.3) is 0 Å². The summed E-state index contributed by atoms with van der Waals surface area (Å²) in [5.41, 5.74) is 7.87. The summed E-state index contributed by atoms with van der Waals surface area (Å²) in [4.78, 5) is 13.5. The Hall–Kier alpha value is -2.17. The minimum atomic E-state index is -0.387. The molecular weight excluding hydrogens is 324 g/mol. The number of carbonyl (C=O) groups excluding carboxylic acids is 1. The van der Waals surface area contributed by atoms with E-state index in [1.165, 1.54) is 11.1 Å². The number of primary amides is 1. The third kappa shape index (κ3) is 5.68. The molecule has 3 rings (SSSR count). The van der Waals surface area contributed by atoms with Gasteiger partial charge in [-0.05, 0) is 36.8 Å². The lowest BCUT2D eigenvalue weighted by Crippen LogP contribution is -2.39. The van der Waals surface area contributed by atoms with E-state index in [9.17, 15) is 4.79 Å². The van der Waals surface area contributed by atoms with Crippen LogP contribution in [0.5, 0.6) is 0 Å². The zero-order valence-electron chi connectivity index (χ0n) is 15.2. The lowest BCUT2D eigenvalue weighted by atomic mass is 9.91. The molecule has 0 bridgehead atoms. The number of hydrogen-bond donors (Lipinski definition) is 1. The van der Waals surface area contributed by atoms with Crippen molar-refractivity contribution in [3.63, 3.8) is 0 Å². The molecule has 1 fully saturated rings. The molecule has 2 aromatic carbocycles. The number of ether oxygens (including phenoxy) is 1. The van der Waals surface area contributed by atoms with E-state index >= 15 is 0 Å². The summed E-state index contributed by atoms with van der Waals surface area (Å²) in [5, 5.41) is 0. The monoisotopic (exact) mass is 352 g/mol. The van der Waals surface area contributed by atoms with Gasteiger partial charge in [-0.25, -0.2) is 0 Å². The summed E-state index contributed by atoms with van der Waals surface area (Å²) < 4.78 is 5.62. The Morgan fingerprint density at radius 3 is 1.85 bits per heavy atom. The van der Waals surface area contributed by atoms with Gasteiger partial charge in [0.15, 0.2) is 0 Å². The quantitative estimate of drug-likeness (QED) is 0.791. The first-order chi connectivity index (χ1) is 12.7. The van der Waals surface area contributed by atoms with Crippen molar-refractivity contribution < 1.29 is 9.53 Å². The van der Waals surface area contributed by atoms with E-state index in [2.05, 4.69) is 65.6 Å². The number of carbonyl (C=O) groups is 1. The Labute approximate surface area is 156 Å². The highest BCUT2D eigenvalue weighted by Gasteiger charge is 2.26. The maximum absolute atomic E-state index is 10.9. The van der Waals surface area contributed by atoms with Gasteiger partial charge >= 0.3 is 0 Å². The molecule has 1 aliphatic carbocycles. The molecule has 0 saturated heterocycles. The number of rotatable bonds is 8. The van der Waals surface area contributed by atoms with Crippen molar-refractivity contribution in [3.05, 3.63) is 71.8 Å². The van der Waals surface area contributed by atoms with E-state index in [-0.39, 0.29) is 18.6 Å². The molecule has 0 heterocycles. The predicted octanol–water partition coefficient (Wildman–Crippen LogP) is 3.50. The second-order valence-electron chi connectivity index (χ2n) is 7.08.